The van der Waals surface area contributed by atoms with E-state index in [0.29, 0.717) is 12.2 Å². The first-order valence-corrected chi connectivity index (χ1v) is 5.88. The summed E-state index contributed by atoms with van der Waals surface area (Å²) in [5, 5.41) is 21.5. The van der Waals surface area contributed by atoms with E-state index in [1.807, 2.05) is 13.8 Å². The monoisotopic (exact) mass is 251 g/mol. The van der Waals surface area contributed by atoms with Crippen LogP contribution in [0.5, 0.6) is 11.5 Å². The van der Waals surface area contributed by atoms with Crippen molar-refractivity contribution in [3.63, 3.8) is 0 Å². The summed E-state index contributed by atoms with van der Waals surface area (Å²) in [4.78, 5) is 12.1. The highest BCUT2D eigenvalue weighted by molar-refractivity contribution is 5.95. The lowest BCUT2D eigenvalue weighted by molar-refractivity contribution is 0.0727. The Morgan fingerprint density at radius 2 is 2.17 bits per heavy atom. The molecule has 0 aliphatic carbocycles. The number of carbonyl (C=O) groups is 1. The summed E-state index contributed by atoms with van der Waals surface area (Å²) >= 11 is 0. The van der Waals surface area contributed by atoms with Crippen molar-refractivity contribution in [2.45, 2.75) is 31.9 Å². The first-order valence-electron chi connectivity index (χ1n) is 5.88. The molecule has 0 radical (unpaired) electrons. The molecule has 0 spiro atoms. The molecule has 1 aliphatic rings. The van der Waals surface area contributed by atoms with Crippen molar-refractivity contribution >= 4 is 5.91 Å². The molecule has 1 aromatic carbocycles. The Hall–Kier alpha value is -1.75. The number of hydrogen-bond donors (Lipinski definition) is 3. The fraction of sp³-hybridized carbons (Fsp3) is 0.462. The molecule has 5 nitrogen and oxygen atoms in total. The van der Waals surface area contributed by atoms with E-state index in [9.17, 15) is 15.0 Å². The van der Waals surface area contributed by atoms with Crippen molar-refractivity contribution in [3.8, 4) is 11.5 Å². The first kappa shape index (κ1) is 12.7. The number of rotatable bonds is 2. The van der Waals surface area contributed by atoms with Crippen LogP contribution in [0.4, 0.5) is 0 Å². The van der Waals surface area contributed by atoms with E-state index in [4.69, 9.17) is 4.74 Å². The number of carbonyl (C=O) groups excluding carboxylic acids is 1. The van der Waals surface area contributed by atoms with E-state index in [1.54, 1.807) is 0 Å². The van der Waals surface area contributed by atoms with Crippen molar-refractivity contribution in [1.82, 2.24) is 5.32 Å². The van der Waals surface area contributed by atoms with E-state index in [2.05, 4.69) is 5.32 Å². The Kier molecular flexibility index (Phi) is 3.17. The Morgan fingerprint density at radius 1 is 1.44 bits per heavy atom. The van der Waals surface area contributed by atoms with Crippen LogP contribution in [-0.2, 0) is 4.74 Å². The molecular formula is C13H17NO4. The van der Waals surface area contributed by atoms with E-state index in [0.717, 1.165) is 6.42 Å². The van der Waals surface area contributed by atoms with Gasteiger partial charge in [0.25, 0.3) is 5.91 Å². The molecule has 2 unspecified atom stereocenters. The van der Waals surface area contributed by atoms with Gasteiger partial charge in [-0.3, -0.25) is 4.79 Å². The Labute approximate surface area is 105 Å². The van der Waals surface area contributed by atoms with Gasteiger partial charge >= 0.3 is 0 Å². The van der Waals surface area contributed by atoms with Gasteiger partial charge < -0.3 is 20.3 Å². The minimum Gasteiger partial charge on any atom is -0.504 e. The highest BCUT2D eigenvalue weighted by Gasteiger charge is 2.38. The summed E-state index contributed by atoms with van der Waals surface area (Å²) in [6, 6.07) is 4.00. The maximum Gasteiger partial charge on any atom is 0.251 e. The summed E-state index contributed by atoms with van der Waals surface area (Å²) in [5.74, 6) is -0.830. The number of nitrogens with one attached hydrogen (secondary N) is 1. The summed E-state index contributed by atoms with van der Waals surface area (Å²) < 4.78 is 5.44. The third-order valence-corrected chi connectivity index (χ3v) is 3.52. The number of benzene rings is 1. The fourth-order valence-corrected chi connectivity index (χ4v) is 2.00. The summed E-state index contributed by atoms with van der Waals surface area (Å²) in [6.07, 6.45) is 0.705. The number of phenols is 2. The molecule has 1 aromatic rings. The summed E-state index contributed by atoms with van der Waals surface area (Å²) in [7, 11) is 0. The van der Waals surface area contributed by atoms with Crippen LogP contribution < -0.4 is 5.32 Å². The zero-order chi connectivity index (χ0) is 13.3. The van der Waals surface area contributed by atoms with Crippen LogP contribution in [0.25, 0.3) is 0 Å². The van der Waals surface area contributed by atoms with Gasteiger partial charge in [0.05, 0.1) is 11.6 Å². The van der Waals surface area contributed by atoms with Gasteiger partial charge in [-0.05, 0) is 38.5 Å². The van der Waals surface area contributed by atoms with Crippen LogP contribution in [-0.4, -0.2) is 34.4 Å². The molecule has 1 fully saturated rings. The third-order valence-electron chi connectivity index (χ3n) is 3.52. The third kappa shape index (κ3) is 2.26. The maximum atomic E-state index is 12.1. The van der Waals surface area contributed by atoms with E-state index >= 15 is 0 Å². The van der Waals surface area contributed by atoms with Crippen LogP contribution in [0.1, 0.15) is 30.6 Å². The van der Waals surface area contributed by atoms with Crippen LogP contribution in [0.3, 0.4) is 0 Å². The average molecular weight is 251 g/mol. The van der Waals surface area contributed by atoms with Crippen molar-refractivity contribution in [1.29, 1.82) is 0 Å². The molecule has 1 saturated heterocycles. The van der Waals surface area contributed by atoms with Crippen LogP contribution >= 0.6 is 0 Å². The van der Waals surface area contributed by atoms with Gasteiger partial charge in [0, 0.05) is 12.2 Å². The summed E-state index contributed by atoms with van der Waals surface area (Å²) in [6.45, 7) is 4.48. The lowest BCUT2D eigenvalue weighted by Crippen LogP contribution is -2.50. The number of aromatic hydroxyl groups is 2. The quantitative estimate of drug-likeness (QED) is 0.694. The predicted octanol–water partition coefficient (Wildman–Crippen LogP) is 1.40. The Morgan fingerprint density at radius 3 is 2.72 bits per heavy atom. The second kappa shape index (κ2) is 4.49. The lowest BCUT2D eigenvalue weighted by Gasteiger charge is -2.28. The van der Waals surface area contributed by atoms with Crippen molar-refractivity contribution in [2.75, 3.05) is 6.61 Å². The standard InChI is InChI=1S/C13H17NO4/c1-8-13(2,5-6-18-8)14-12(17)9-3-4-10(15)11(16)7-9/h3-4,7-8,15-16H,5-6H2,1-2H3,(H,14,17). The number of hydrogen-bond acceptors (Lipinski definition) is 4. The SMILES string of the molecule is CC1OCCC1(C)NC(=O)c1ccc(O)c(O)c1. The van der Waals surface area contributed by atoms with Gasteiger partial charge in [-0.2, -0.15) is 0 Å². The average Bonchev–Trinajstić information content (AvgIpc) is 2.63. The van der Waals surface area contributed by atoms with Crippen molar-refractivity contribution in [3.05, 3.63) is 23.8 Å². The maximum absolute atomic E-state index is 12.1. The number of amides is 1. The second-order valence-electron chi connectivity index (χ2n) is 4.84. The zero-order valence-electron chi connectivity index (χ0n) is 10.4. The fourth-order valence-electron chi connectivity index (χ4n) is 2.00. The molecule has 2 rings (SSSR count). The van der Waals surface area contributed by atoms with Gasteiger partial charge in [0.1, 0.15) is 0 Å². The molecular weight excluding hydrogens is 234 g/mol. The van der Waals surface area contributed by atoms with E-state index in [-0.39, 0.29) is 23.5 Å². The van der Waals surface area contributed by atoms with Crippen LogP contribution in [0.15, 0.2) is 18.2 Å². The highest BCUT2D eigenvalue weighted by atomic mass is 16.5. The van der Waals surface area contributed by atoms with Crippen LogP contribution in [0, 0.1) is 0 Å². The minimum atomic E-state index is -0.398. The number of phenolic OH excluding ortho intramolecular Hbond substituents is 2. The normalized spacial score (nSPS) is 27.1. The zero-order valence-corrected chi connectivity index (χ0v) is 10.4. The predicted molar refractivity (Wildman–Crippen MR) is 65.7 cm³/mol. The molecule has 98 valence electrons. The molecule has 0 aromatic heterocycles. The van der Waals surface area contributed by atoms with E-state index in [1.165, 1.54) is 18.2 Å². The van der Waals surface area contributed by atoms with Crippen molar-refractivity contribution in [2.24, 2.45) is 0 Å². The molecule has 2 atom stereocenters. The van der Waals surface area contributed by atoms with E-state index < -0.39 is 5.54 Å². The molecule has 0 saturated carbocycles. The van der Waals surface area contributed by atoms with Crippen molar-refractivity contribution < 1.29 is 19.7 Å². The molecule has 0 bridgehead atoms. The molecule has 3 N–H and O–H groups in total. The minimum absolute atomic E-state index is 0.0489. The van der Waals surface area contributed by atoms with Gasteiger partial charge in [0.2, 0.25) is 0 Å². The first-order chi connectivity index (χ1) is 8.42. The van der Waals surface area contributed by atoms with Gasteiger partial charge in [0.15, 0.2) is 11.5 Å². The van der Waals surface area contributed by atoms with Crippen LogP contribution in [0.2, 0.25) is 0 Å². The van der Waals surface area contributed by atoms with Gasteiger partial charge in [-0.15, -0.1) is 0 Å². The second-order valence-corrected chi connectivity index (χ2v) is 4.84. The molecule has 1 heterocycles. The Balaban J connectivity index is 2.14. The molecule has 1 amide bonds. The summed E-state index contributed by atoms with van der Waals surface area (Å²) in [5.41, 5.74) is -0.0875. The smallest absolute Gasteiger partial charge is 0.251 e. The molecule has 18 heavy (non-hydrogen) atoms. The topological polar surface area (TPSA) is 78.8 Å². The molecule has 5 heteroatoms. The largest absolute Gasteiger partial charge is 0.504 e. The van der Waals surface area contributed by atoms with Gasteiger partial charge in [-0.1, -0.05) is 0 Å². The Bertz CT molecular complexity index is 474. The lowest BCUT2D eigenvalue weighted by atomic mass is 9.94. The highest BCUT2D eigenvalue weighted by Crippen LogP contribution is 2.27. The molecule has 1 aliphatic heterocycles. The van der Waals surface area contributed by atoms with Gasteiger partial charge in [-0.25, -0.2) is 0 Å². The number of ether oxygens (including phenoxy) is 1.